The number of hydrogen-bond donors (Lipinski definition) is 1. The van der Waals surface area contributed by atoms with Crippen molar-refractivity contribution in [3.63, 3.8) is 0 Å². The van der Waals surface area contributed by atoms with E-state index < -0.39 is 0 Å². The van der Waals surface area contributed by atoms with Gasteiger partial charge >= 0.3 is 0 Å². The topological polar surface area (TPSA) is 26.7 Å². The smallest absolute Gasteiger partial charge is 0.0580 e. The number of likely N-dealkylation sites (N-methyl/N-ethyl adjacent to an activating group) is 1. The van der Waals surface area contributed by atoms with Crippen molar-refractivity contribution in [2.45, 2.75) is 45.3 Å². The van der Waals surface area contributed by atoms with Crippen molar-refractivity contribution >= 4 is 0 Å². The summed E-state index contributed by atoms with van der Waals surface area (Å²) in [5.74, 6) is 0.542. The summed E-state index contributed by atoms with van der Waals surface area (Å²) in [7, 11) is 0. The lowest BCUT2D eigenvalue weighted by Gasteiger charge is -2.40. The Kier molecular flexibility index (Phi) is 4.22. The number of aliphatic hydroxyl groups is 1. The second kappa shape index (κ2) is 5.48. The van der Waals surface area contributed by atoms with Crippen LogP contribution in [-0.4, -0.2) is 59.8 Å². The number of rotatable bonds is 3. The predicted octanol–water partition coefficient (Wildman–Crippen LogP) is 1.17. The van der Waals surface area contributed by atoms with Gasteiger partial charge < -0.3 is 10.0 Å². The first-order valence-corrected chi connectivity index (χ1v) is 6.85. The van der Waals surface area contributed by atoms with Crippen molar-refractivity contribution in [2.24, 2.45) is 5.92 Å². The van der Waals surface area contributed by atoms with Crippen molar-refractivity contribution in [2.75, 3.05) is 32.7 Å². The van der Waals surface area contributed by atoms with Gasteiger partial charge in [0.25, 0.3) is 0 Å². The minimum absolute atomic E-state index is 0.0282. The third-order valence-electron chi connectivity index (χ3n) is 4.37. The molecule has 1 aliphatic carbocycles. The SMILES string of the molecule is CCN1CCN(CC2CCCC2O)CC1C. The number of aliphatic hydroxyl groups excluding tert-OH is 1. The molecule has 0 spiro atoms. The van der Waals surface area contributed by atoms with Crippen LogP contribution in [0.25, 0.3) is 0 Å². The molecule has 2 fully saturated rings. The van der Waals surface area contributed by atoms with Crippen LogP contribution in [0.5, 0.6) is 0 Å². The van der Waals surface area contributed by atoms with Gasteiger partial charge in [-0.1, -0.05) is 13.3 Å². The summed E-state index contributed by atoms with van der Waals surface area (Å²) >= 11 is 0. The Morgan fingerprint density at radius 1 is 1.25 bits per heavy atom. The highest BCUT2D eigenvalue weighted by Crippen LogP contribution is 2.26. The van der Waals surface area contributed by atoms with Gasteiger partial charge in [0.15, 0.2) is 0 Å². The number of hydrogen-bond acceptors (Lipinski definition) is 3. The molecule has 1 heterocycles. The maximum atomic E-state index is 9.85. The Bertz CT molecular complexity index is 222. The van der Waals surface area contributed by atoms with E-state index in [1.165, 1.54) is 39.0 Å². The fourth-order valence-corrected chi connectivity index (χ4v) is 3.27. The molecule has 0 amide bonds. The van der Waals surface area contributed by atoms with E-state index in [2.05, 4.69) is 23.6 Å². The summed E-state index contributed by atoms with van der Waals surface area (Å²) in [6, 6.07) is 0.678. The lowest BCUT2D eigenvalue weighted by atomic mass is 10.0. The van der Waals surface area contributed by atoms with Crippen LogP contribution in [0.15, 0.2) is 0 Å². The van der Waals surface area contributed by atoms with Gasteiger partial charge in [-0.25, -0.2) is 0 Å². The molecule has 0 aromatic rings. The first-order valence-electron chi connectivity index (χ1n) is 6.85. The van der Waals surface area contributed by atoms with Gasteiger partial charge in [0.1, 0.15) is 0 Å². The molecule has 3 atom stereocenters. The molecule has 0 aromatic carbocycles. The summed E-state index contributed by atoms with van der Waals surface area (Å²) in [5.41, 5.74) is 0. The quantitative estimate of drug-likeness (QED) is 0.782. The van der Waals surface area contributed by atoms with Crippen LogP contribution in [0.3, 0.4) is 0 Å². The molecule has 3 unspecified atom stereocenters. The Hall–Kier alpha value is -0.120. The minimum atomic E-state index is -0.0282. The van der Waals surface area contributed by atoms with Crippen molar-refractivity contribution in [1.29, 1.82) is 0 Å². The Labute approximate surface area is 99.4 Å². The van der Waals surface area contributed by atoms with Crippen molar-refractivity contribution in [1.82, 2.24) is 9.80 Å². The minimum Gasteiger partial charge on any atom is -0.393 e. The van der Waals surface area contributed by atoms with E-state index in [4.69, 9.17) is 0 Å². The fourth-order valence-electron chi connectivity index (χ4n) is 3.27. The second-order valence-corrected chi connectivity index (χ2v) is 5.50. The van der Waals surface area contributed by atoms with Gasteiger partial charge in [-0.3, -0.25) is 4.90 Å². The van der Waals surface area contributed by atoms with Gasteiger partial charge in [0.05, 0.1) is 6.10 Å². The van der Waals surface area contributed by atoms with E-state index in [9.17, 15) is 5.11 Å². The molecule has 0 aromatic heterocycles. The summed E-state index contributed by atoms with van der Waals surface area (Å²) in [5, 5.41) is 9.85. The van der Waals surface area contributed by atoms with Gasteiger partial charge in [-0.05, 0) is 32.2 Å². The average Bonchev–Trinajstić information content (AvgIpc) is 2.65. The Morgan fingerprint density at radius 2 is 2.06 bits per heavy atom. The van der Waals surface area contributed by atoms with Crippen LogP contribution >= 0.6 is 0 Å². The maximum Gasteiger partial charge on any atom is 0.0580 e. The number of nitrogens with zero attached hydrogens (tertiary/aromatic N) is 2. The van der Waals surface area contributed by atoms with E-state index >= 15 is 0 Å². The Balaban J connectivity index is 1.79. The lowest BCUT2D eigenvalue weighted by Crippen LogP contribution is -2.52. The van der Waals surface area contributed by atoms with E-state index in [1.54, 1.807) is 0 Å². The molecule has 1 saturated heterocycles. The van der Waals surface area contributed by atoms with Gasteiger partial charge in [0, 0.05) is 32.2 Å². The maximum absolute atomic E-state index is 9.85. The van der Waals surface area contributed by atoms with Crippen LogP contribution < -0.4 is 0 Å². The van der Waals surface area contributed by atoms with Crippen molar-refractivity contribution < 1.29 is 5.11 Å². The molecule has 16 heavy (non-hydrogen) atoms. The third kappa shape index (κ3) is 2.76. The summed E-state index contributed by atoms with van der Waals surface area (Å²) < 4.78 is 0. The molecule has 1 N–H and O–H groups in total. The normalized spacial score (nSPS) is 38.1. The first kappa shape index (κ1) is 12.3. The molecule has 94 valence electrons. The largest absolute Gasteiger partial charge is 0.393 e. The summed E-state index contributed by atoms with van der Waals surface area (Å²) in [4.78, 5) is 5.09. The number of piperazine rings is 1. The highest BCUT2D eigenvalue weighted by molar-refractivity contribution is 4.84. The zero-order valence-electron chi connectivity index (χ0n) is 10.7. The summed E-state index contributed by atoms with van der Waals surface area (Å²) in [6.07, 6.45) is 3.44. The van der Waals surface area contributed by atoms with Crippen molar-refractivity contribution in [3.05, 3.63) is 0 Å². The van der Waals surface area contributed by atoms with Gasteiger partial charge in [-0.15, -0.1) is 0 Å². The fraction of sp³-hybridized carbons (Fsp3) is 1.00. The van der Waals surface area contributed by atoms with Crippen LogP contribution in [0.2, 0.25) is 0 Å². The molecule has 2 aliphatic rings. The molecule has 0 radical (unpaired) electrons. The Morgan fingerprint density at radius 3 is 2.62 bits per heavy atom. The molecule has 1 saturated carbocycles. The molecule has 2 rings (SSSR count). The molecular weight excluding hydrogens is 200 g/mol. The standard InChI is InChI=1S/C13H26N2O/c1-3-15-8-7-14(9-11(15)2)10-12-5-4-6-13(12)16/h11-13,16H,3-10H2,1-2H3. The molecule has 3 nitrogen and oxygen atoms in total. The van der Waals surface area contributed by atoms with Gasteiger partial charge in [0.2, 0.25) is 0 Å². The van der Waals surface area contributed by atoms with Crippen LogP contribution in [0, 0.1) is 5.92 Å². The average molecular weight is 226 g/mol. The van der Waals surface area contributed by atoms with Crippen molar-refractivity contribution in [3.8, 4) is 0 Å². The first-order chi connectivity index (χ1) is 7.70. The highest BCUT2D eigenvalue weighted by Gasteiger charge is 2.29. The monoisotopic (exact) mass is 226 g/mol. The molecule has 0 bridgehead atoms. The van der Waals surface area contributed by atoms with E-state index in [-0.39, 0.29) is 6.10 Å². The van der Waals surface area contributed by atoms with Crippen LogP contribution in [0.1, 0.15) is 33.1 Å². The molecule has 3 heteroatoms. The van der Waals surface area contributed by atoms with Crippen LogP contribution in [-0.2, 0) is 0 Å². The highest BCUT2D eigenvalue weighted by atomic mass is 16.3. The van der Waals surface area contributed by atoms with Gasteiger partial charge in [-0.2, -0.15) is 0 Å². The van der Waals surface area contributed by atoms with Crippen LogP contribution in [0.4, 0.5) is 0 Å². The molecular formula is C13H26N2O. The van der Waals surface area contributed by atoms with E-state index in [0.29, 0.717) is 12.0 Å². The predicted molar refractivity (Wildman–Crippen MR) is 66.5 cm³/mol. The second-order valence-electron chi connectivity index (χ2n) is 5.50. The lowest BCUT2D eigenvalue weighted by molar-refractivity contribution is 0.0517. The van der Waals surface area contributed by atoms with E-state index in [0.717, 1.165) is 13.0 Å². The van der Waals surface area contributed by atoms with E-state index in [1.807, 2.05) is 0 Å². The zero-order chi connectivity index (χ0) is 11.5. The summed E-state index contributed by atoms with van der Waals surface area (Å²) in [6.45, 7) is 10.4. The zero-order valence-corrected chi connectivity index (χ0v) is 10.7. The third-order valence-corrected chi connectivity index (χ3v) is 4.37. The molecule has 1 aliphatic heterocycles.